The summed E-state index contributed by atoms with van der Waals surface area (Å²) in [4.78, 5) is 12.8. The molecule has 5 rings (SSSR count). The molecular formula is C30H48O3. The van der Waals surface area contributed by atoms with Crippen LogP contribution in [-0.2, 0) is 9.53 Å². The predicted octanol–water partition coefficient (Wildman–Crippen LogP) is 6.93. The average molecular weight is 457 g/mol. The summed E-state index contributed by atoms with van der Waals surface area (Å²) in [5.74, 6) is 2.96. The summed E-state index contributed by atoms with van der Waals surface area (Å²) in [6.07, 6.45) is 12.1. The van der Waals surface area contributed by atoms with Gasteiger partial charge < -0.3 is 9.84 Å². The largest absolute Gasteiger partial charge is 0.368 e. The lowest BCUT2D eigenvalue weighted by Crippen LogP contribution is -2.57. The van der Waals surface area contributed by atoms with Gasteiger partial charge in [0, 0.05) is 17.8 Å². The van der Waals surface area contributed by atoms with E-state index in [0.717, 1.165) is 32.1 Å². The average Bonchev–Trinajstić information content (AvgIpc) is 3.20. The first kappa shape index (κ1) is 24.0. The van der Waals surface area contributed by atoms with Crippen LogP contribution in [0.1, 0.15) is 106 Å². The van der Waals surface area contributed by atoms with Gasteiger partial charge in [0.2, 0.25) is 0 Å². The molecule has 0 bridgehead atoms. The Balaban J connectivity index is 1.45. The van der Waals surface area contributed by atoms with Crippen LogP contribution in [0.5, 0.6) is 0 Å². The lowest BCUT2D eigenvalue weighted by atomic mass is 9.41. The molecule has 5 aliphatic rings. The van der Waals surface area contributed by atoms with Gasteiger partial charge in [0.25, 0.3) is 0 Å². The molecule has 3 heteroatoms. The number of hydrogen-bond donors (Lipinski definition) is 1. The molecule has 1 aliphatic heterocycles. The van der Waals surface area contributed by atoms with Crippen molar-refractivity contribution in [3.05, 3.63) is 11.6 Å². The van der Waals surface area contributed by atoms with E-state index in [1.165, 1.54) is 25.7 Å². The minimum absolute atomic E-state index is 0.203. The third kappa shape index (κ3) is 3.23. The number of aliphatic hydroxyl groups excluding tert-OH is 1. The predicted molar refractivity (Wildman–Crippen MR) is 132 cm³/mol. The fraction of sp³-hybridized carbons (Fsp3) is 0.900. The van der Waals surface area contributed by atoms with Crippen LogP contribution in [0.4, 0.5) is 0 Å². The van der Waals surface area contributed by atoms with Crippen molar-refractivity contribution < 1.29 is 14.6 Å². The number of carbonyl (C=O) groups excluding carboxylic acids is 1. The van der Waals surface area contributed by atoms with Gasteiger partial charge >= 0.3 is 0 Å². The number of carbonyl (C=O) groups is 1. The maximum atomic E-state index is 12.8. The van der Waals surface area contributed by atoms with E-state index in [4.69, 9.17) is 4.74 Å². The molecule has 1 saturated heterocycles. The van der Waals surface area contributed by atoms with Gasteiger partial charge in [-0.2, -0.15) is 0 Å². The fourth-order valence-electron chi connectivity index (χ4n) is 10.1. The van der Waals surface area contributed by atoms with Crippen LogP contribution in [0.2, 0.25) is 0 Å². The van der Waals surface area contributed by atoms with Crippen LogP contribution in [0, 0.1) is 51.2 Å². The standard InChI is InChI=1S/C30H48O3/c1-18(2)16-19-17-20(26(32)33-19)21-10-14-30(7)23-8-9-24-27(3,4)25(31)12-13-28(24,5)22(23)11-15-29(21,30)6/h8,18-22,24,26,32H,9-17H2,1-7H3/t19-,20+,21+,22+,24+,26-,28-,29+,30-/m1/s1. The van der Waals surface area contributed by atoms with Crippen molar-refractivity contribution in [2.75, 3.05) is 0 Å². The number of allylic oxidation sites excluding steroid dienone is 2. The minimum atomic E-state index is -0.594. The molecule has 9 atom stereocenters. The Morgan fingerprint density at radius 3 is 2.52 bits per heavy atom. The molecule has 186 valence electrons. The first-order valence-electron chi connectivity index (χ1n) is 13.9. The molecule has 0 unspecified atom stereocenters. The second-order valence-corrected chi connectivity index (χ2v) is 14.3. The first-order chi connectivity index (χ1) is 15.3. The normalized spacial score (nSPS) is 51.2. The number of rotatable bonds is 3. The monoisotopic (exact) mass is 456 g/mol. The van der Waals surface area contributed by atoms with Crippen LogP contribution in [0.25, 0.3) is 0 Å². The van der Waals surface area contributed by atoms with Crippen LogP contribution in [0.15, 0.2) is 11.6 Å². The number of Topliss-reactive ketones (excluding diaryl/α,β-unsaturated/α-hetero) is 1. The smallest absolute Gasteiger partial charge is 0.158 e. The van der Waals surface area contributed by atoms with E-state index in [2.05, 4.69) is 54.5 Å². The molecule has 0 radical (unpaired) electrons. The van der Waals surface area contributed by atoms with E-state index in [-0.39, 0.29) is 33.7 Å². The fourth-order valence-corrected chi connectivity index (χ4v) is 10.1. The van der Waals surface area contributed by atoms with Crippen molar-refractivity contribution in [1.29, 1.82) is 0 Å². The SMILES string of the molecule is CC(C)C[C@@H]1C[C@@H]([C@@H]2CC[C@]3(C)C4=CC[C@H]5C(C)(C)C(=O)CC[C@]5(C)[C@H]4CC[C@@]23C)[C@H](O)O1. The zero-order valence-corrected chi connectivity index (χ0v) is 22.2. The van der Waals surface area contributed by atoms with Gasteiger partial charge in [0.05, 0.1) is 6.10 Å². The molecule has 0 spiro atoms. The van der Waals surface area contributed by atoms with Gasteiger partial charge in [-0.3, -0.25) is 4.79 Å². The van der Waals surface area contributed by atoms with Crippen LogP contribution < -0.4 is 0 Å². The molecule has 0 aromatic heterocycles. The molecule has 0 aromatic rings. The molecule has 4 aliphatic carbocycles. The summed E-state index contributed by atoms with van der Waals surface area (Å²) in [5, 5.41) is 11.0. The van der Waals surface area contributed by atoms with E-state index >= 15 is 0 Å². The summed E-state index contributed by atoms with van der Waals surface area (Å²) in [5.41, 5.74) is 2.18. The third-order valence-corrected chi connectivity index (χ3v) is 12.1. The second kappa shape index (κ2) is 7.66. The van der Waals surface area contributed by atoms with Gasteiger partial charge in [0.15, 0.2) is 6.29 Å². The van der Waals surface area contributed by atoms with Crippen LogP contribution in [-0.4, -0.2) is 23.3 Å². The highest BCUT2D eigenvalue weighted by atomic mass is 16.6. The van der Waals surface area contributed by atoms with E-state index in [1.54, 1.807) is 5.57 Å². The Morgan fingerprint density at radius 2 is 1.82 bits per heavy atom. The van der Waals surface area contributed by atoms with Gasteiger partial charge in [0.1, 0.15) is 5.78 Å². The van der Waals surface area contributed by atoms with Crippen molar-refractivity contribution in [1.82, 2.24) is 0 Å². The number of ether oxygens (including phenoxy) is 1. The molecule has 0 amide bonds. The number of fused-ring (bicyclic) bond motifs is 5. The van der Waals surface area contributed by atoms with E-state index in [1.807, 2.05) is 0 Å². The number of hydrogen-bond acceptors (Lipinski definition) is 3. The zero-order chi connectivity index (χ0) is 24.0. The van der Waals surface area contributed by atoms with Crippen LogP contribution >= 0.6 is 0 Å². The Bertz CT molecular complexity index is 841. The van der Waals surface area contributed by atoms with Crippen molar-refractivity contribution in [3.63, 3.8) is 0 Å². The molecular weight excluding hydrogens is 408 g/mol. The maximum Gasteiger partial charge on any atom is 0.158 e. The van der Waals surface area contributed by atoms with E-state index in [9.17, 15) is 9.90 Å². The van der Waals surface area contributed by atoms with Gasteiger partial charge in [-0.25, -0.2) is 0 Å². The van der Waals surface area contributed by atoms with Crippen molar-refractivity contribution in [3.8, 4) is 0 Å². The first-order valence-corrected chi connectivity index (χ1v) is 13.9. The maximum absolute atomic E-state index is 12.8. The molecule has 3 nitrogen and oxygen atoms in total. The zero-order valence-electron chi connectivity index (χ0n) is 22.2. The van der Waals surface area contributed by atoms with E-state index < -0.39 is 6.29 Å². The summed E-state index contributed by atoms with van der Waals surface area (Å²) >= 11 is 0. The summed E-state index contributed by atoms with van der Waals surface area (Å²) < 4.78 is 6.09. The molecule has 1 heterocycles. The molecule has 3 saturated carbocycles. The van der Waals surface area contributed by atoms with Gasteiger partial charge in [-0.1, -0.05) is 60.1 Å². The summed E-state index contributed by atoms with van der Waals surface area (Å²) in [7, 11) is 0. The van der Waals surface area contributed by atoms with Gasteiger partial charge in [-0.15, -0.1) is 0 Å². The number of ketones is 1. The highest BCUT2D eigenvalue weighted by Crippen LogP contribution is 2.73. The Hall–Kier alpha value is -0.670. The van der Waals surface area contributed by atoms with Crippen molar-refractivity contribution in [2.24, 2.45) is 51.2 Å². The number of aliphatic hydroxyl groups is 1. The molecule has 4 fully saturated rings. The van der Waals surface area contributed by atoms with E-state index in [0.29, 0.717) is 29.5 Å². The van der Waals surface area contributed by atoms with Gasteiger partial charge in [-0.05, 0) is 91.3 Å². The topological polar surface area (TPSA) is 46.5 Å². The quantitative estimate of drug-likeness (QED) is 0.468. The van der Waals surface area contributed by atoms with Crippen LogP contribution in [0.3, 0.4) is 0 Å². The highest BCUT2D eigenvalue weighted by Gasteiger charge is 2.66. The van der Waals surface area contributed by atoms with Crippen molar-refractivity contribution in [2.45, 2.75) is 119 Å². The highest BCUT2D eigenvalue weighted by molar-refractivity contribution is 5.85. The lowest BCUT2D eigenvalue weighted by Gasteiger charge is -2.63. The second-order valence-electron chi connectivity index (χ2n) is 14.3. The molecule has 1 N–H and O–H groups in total. The third-order valence-electron chi connectivity index (χ3n) is 12.1. The molecule has 33 heavy (non-hydrogen) atoms. The Morgan fingerprint density at radius 1 is 1.09 bits per heavy atom. The Labute approximate surface area is 202 Å². The van der Waals surface area contributed by atoms with Crippen molar-refractivity contribution >= 4 is 5.78 Å². The summed E-state index contributed by atoms with van der Waals surface area (Å²) in [6.45, 7) is 16.6. The minimum Gasteiger partial charge on any atom is -0.368 e. The summed E-state index contributed by atoms with van der Waals surface area (Å²) in [6, 6.07) is 0. The lowest BCUT2D eigenvalue weighted by molar-refractivity contribution is -0.147. The Kier molecular flexibility index (Phi) is 5.58. The molecule has 0 aromatic carbocycles.